The smallest absolute Gasteiger partial charge is 0.357 e. The number of guanidine groups is 1. The van der Waals surface area contributed by atoms with Gasteiger partial charge in [0.15, 0.2) is 5.96 Å². The molecule has 1 saturated heterocycles. The first-order chi connectivity index (χ1) is 14.3. The van der Waals surface area contributed by atoms with E-state index in [4.69, 9.17) is 0 Å². The average Bonchev–Trinajstić information content (AvgIpc) is 3.12. The number of aliphatic imine (C=N–C) groups is 1. The van der Waals surface area contributed by atoms with E-state index in [0.29, 0.717) is 38.6 Å². The topological polar surface area (TPSA) is 85.8 Å². The molecule has 2 rings (SSSR count). The Labute approximate surface area is 197 Å². The number of nitrogens with one attached hydrogen (secondary N) is 3. The summed E-state index contributed by atoms with van der Waals surface area (Å²) >= 11 is 0. The molecule has 7 nitrogen and oxygen atoms in total. The summed E-state index contributed by atoms with van der Waals surface area (Å²) in [5.41, 5.74) is -0.624. The van der Waals surface area contributed by atoms with Crippen LogP contribution in [0, 0.1) is 0 Å². The molecule has 1 aromatic carbocycles. The fourth-order valence-electron chi connectivity index (χ4n) is 3.00. The first kappa shape index (κ1) is 27.0. The zero-order chi connectivity index (χ0) is 22.0. The van der Waals surface area contributed by atoms with Crippen LogP contribution in [0.25, 0.3) is 0 Å². The van der Waals surface area contributed by atoms with E-state index in [9.17, 15) is 22.8 Å². The van der Waals surface area contributed by atoms with Gasteiger partial charge in [-0.25, -0.2) is 0 Å². The van der Waals surface area contributed by atoms with Crippen LogP contribution < -0.4 is 16.0 Å². The zero-order valence-corrected chi connectivity index (χ0v) is 19.8. The normalized spacial score (nSPS) is 14.3. The molecule has 1 fully saturated rings. The van der Waals surface area contributed by atoms with E-state index in [1.807, 2.05) is 11.8 Å². The molecule has 1 aromatic rings. The van der Waals surface area contributed by atoms with Gasteiger partial charge in [0.1, 0.15) is 0 Å². The van der Waals surface area contributed by atoms with Crippen LogP contribution in [-0.2, 0) is 11.0 Å². The van der Waals surface area contributed by atoms with E-state index in [1.165, 1.54) is 0 Å². The molecule has 0 saturated carbocycles. The van der Waals surface area contributed by atoms with Crippen molar-refractivity contribution in [1.82, 2.24) is 20.9 Å². The third-order valence-corrected chi connectivity index (χ3v) is 4.55. The van der Waals surface area contributed by atoms with Crippen molar-refractivity contribution in [3.05, 3.63) is 35.4 Å². The molecular weight excluding hydrogens is 526 g/mol. The summed E-state index contributed by atoms with van der Waals surface area (Å²) in [7, 11) is 0. The maximum Gasteiger partial charge on any atom is 0.416 e. The Morgan fingerprint density at radius 2 is 1.81 bits per heavy atom. The van der Waals surface area contributed by atoms with Gasteiger partial charge in [-0.3, -0.25) is 14.6 Å². The van der Waals surface area contributed by atoms with Crippen molar-refractivity contribution in [1.29, 1.82) is 0 Å². The molecule has 0 spiro atoms. The number of halogens is 4. The molecule has 11 heteroatoms. The lowest BCUT2D eigenvalue weighted by Crippen LogP contribution is -2.41. The van der Waals surface area contributed by atoms with Crippen LogP contribution in [0.15, 0.2) is 29.3 Å². The number of hydrogen-bond acceptors (Lipinski definition) is 3. The monoisotopic (exact) mass is 555 g/mol. The van der Waals surface area contributed by atoms with Gasteiger partial charge in [0.25, 0.3) is 5.91 Å². The lowest BCUT2D eigenvalue weighted by molar-refractivity contribution is -0.137. The van der Waals surface area contributed by atoms with E-state index >= 15 is 0 Å². The van der Waals surface area contributed by atoms with Crippen LogP contribution in [-0.4, -0.2) is 61.9 Å². The SMILES string of the molecule is CCNC(=NCCCN1CCCC1=O)NCCNC(=O)c1ccc(C(F)(F)F)cc1.I. The number of benzene rings is 1. The number of nitrogens with zero attached hydrogens (tertiary/aromatic N) is 2. The van der Waals surface area contributed by atoms with E-state index in [2.05, 4.69) is 20.9 Å². The van der Waals surface area contributed by atoms with Gasteiger partial charge in [0, 0.05) is 51.3 Å². The van der Waals surface area contributed by atoms with Gasteiger partial charge in [-0.15, -0.1) is 24.0 Å². The second kappa shape index (κ2) is 13.4. The lowest BCUT2D eigenvalue weighted by Gasteiger charge is -2.15. The molecule has 174 valence electrons. The molecule has 1 heterocycles. The maximum absolute atomic E-state index is 12.6. The van der Waals surface area contributed by atoms with Crippen LogP contribution in [0.1, 0.15) is 42.1 Å². The minimum absolute atomic E-state index is 0. The summed E-state index contributed by atoms with van der Waals surface area (Å²) in [5.74, 6) is 0.365. The van der Waals surface area contributed by atoms with Crippen molar-refractivity contribution in [2.45, 2.75) is 32.4 Å². The first-order valence-electron chi connectivity index (χ1n) is 10.1. The van der Waals surface area contributed by atoms with Gasteiger partial charge in [-0.2, -0.15) is 13.2 Å². The summed E-state index contributed by atoms with van der Waals surface area (Å²) in [5, 5.41) is 8.84. The minimum atomic E-state index is -4.43. The van der Waals surface area contributed by atoms with Gasteiger partial charge in [0.05, 0.1) is 5.56 Å². The molecule has 0 atom stereocenters. The Hall–Kier alpha value is -2.05. The largest absolute Gasteiger partial charge is 0.416 e. The standard InChI is InChI=1S/C20H28F3N5O2.HI/c1-2-24-19(26-10-4-14-28-13-3-5-17(28)29)27-12-11-25-18(30)15-6-8-16(9-7-15)20(21,22)23;/h6-9H,2-5,10-14H2,1H3,(H,25,30)(H2,24,26,27);1H. The van der Waals surface area contributed by atoms with E-state index in [-0.39, 0.29) is 42.0 Å². The number of carbonyl (C=O) groups is 2. The highest BCUT2D eigenvalue weighted by atomic mass is 127. The highest BCUT2D eigenvalue weighted by Gasteiger charge is 2.30. The molecule has 0 radical (unpaired) electrons. The Morgan fingerprint density at radius 1 is 1.13 bits per heavy atom. The molecule has 3 N–H and O–H groups in total. The van der Waals surface area contributed by atoms with Crippen LogP contribution in [0.2, 0.25) is 0 Å². The van der Waals surface area contributed by atoms with Gasteiger partial charge >= 0.3 is 6.18 Å². The van der Waals surface area contributed by atoms with Crippen molar-refractivity contribution in [2.24, 2.45) is 4.99 Å². The van der Waals surface area contributed by atoms with E-state index < -0.39 is 17.6 Å². The molecule has 1 aliphatic rings. The second-order valence-corrected chi connectivity index (χ2v) is 6.86. The number of amides is 2. The summed E-state index contributed by atoms with van der Waals surface area (Å²) < 4.78 is 37.7. The Morgan fingerprint density at radius 3 is 2.39 bits per heavy atom. The van der Waals surface area contributed by atoms with Gasteiger partial charge in [0.2, 0.25) is 5.91 Å². The maximum atomic E-state index is 12.6. The van der Waals surface area contributed by atoms with Crippen molar-refractivity contribution in [3.8, 4) is 0 Å². The average molecular weight is 555 g/mol. The van der Waals surface area contributed by atoms with Crippen LogP contribution >= 0.6 is 24.0 Å². The summed E-state index contributed by atoms with van der Waals surface area (Å²) in [4.78, 5) is 29.9. The van der Waals surface area contributed by atoms with Crippen molar-refractivity contribution < 1.29 is 22.8 Å². The third-order valence-electron chi connectivity index (χ3n) is 4.55. The Bertz CT molecular complexity index is 741. The van der Waals surface area contributed by atoms with Crippen LogP contribution in [0.4, 0.5) is 13.2 Å². The molecular formula is C20H29F3IN5O2. The van der Waals surface area contributed by atoms with Crippen molar-refractivity contribution in [3.63, 3.8) is 0 Å². The number of likely N-dealkylation sites (tertiary alicyclic amines) is 1. The lowest BCUT2D eigenvalue weighted by atomic mass is 10.1. The molecule has 2 amide bonds. The first-order valence-corrected chi connectivity index (χ1v) is 10.1. The van der Waals surface area contributed by atoms with E-state index in [0.717, 1.165) is 43.7 Å². The summed E-state index contributed by atoms with van der Waals surface area (Å²) in [6, 6.07) is 4.09. The zero-order valence-electron chi connectivity index (χ0n) is 17.4. The number of carbonyl (C=O) groups excluding carboxylic acids is 2. The van der Waals surface area contributed by atoms with Gasteiger partial charge in [-0.05, 0) is 44.0 Å². The second-order valence-electron chi connectivity index (χ2n) is 6.86. The molecule has 0 aromatic heterocycles. The fourth-order valence-corrected chi connectivity index (χ4v) is 3.00. The highest BCUT2D eigenvalue weighted by molar-refractivity contribution is 14.0. The number of rotatable bonds is 9. The third kappa shape index (κ3) is 9.32. The number of hydrogen-bond donors (Lipinski definition) is 3. The van der Waals surface area contributed by atoms with Gasteiger partial charge in [-0.1, -0.05) is 0 Å². The molecule has 1 aliphatic heterocycles. The molecule has 31 heavy (non-hydrogen) atoms. The number of alkyl halides is 3. The molecule has 0 unspecified atom stereocenters. The van der Waals surface area contributed by atoms with E-state index in [1.54, 1.807) is 0 Å². The molecule has 0 bridgehead atoms. The molecule has 0 aliphatic carbocycles. The predicted octanol–water partition coefficient (Wildman–Crippen LogP) is 2.62. The quantitative estimate of drug-likeness (QED) is 0.189. The highest BCUT2D eigenvalue weighted by Crippen LogP contribution is 2.29. The Balaban J connectivity index is 0.00000480. The summed E-state index contributed by atoms with van der Waals surface area (Å²) in [6.45, 7) is 5.39. The predicted molar refractivity (Wildman–Crippen MR) is 124 cm³/mol. The fraction of sp³-hybridized carbons (Fsp3) is 0.550. The van der Waals surface area contributed by atoms with Crippen LogP contribution in [0.5, 0.6) is 0 Å². The Kier molecular flexibility index (Phi) is 11.6. The van der Waals surface area contributed by atoms with Crippen molar-refractivity contribution >= 4 is 41.8 Å². The summed E-state index contributed by atoms with van der Waals surface area (Å²) in [6.07, 6.45) is -2.10. The van der Waals surface area contributed by atoms with Crippen molar-refractivity contribution in [2.75, 3.05) is 39.3 Å². The van der Waals surface area contributed by atoms with Gasteiger partial charge < -0.3 is 20.9 Å². The van der Waals surface area contributed by atoms with Crippen LogP contribution in [0.3, 0.4) is 0 Å². The minimum Gasteiger partial charge on any atom is -0.357 e.